The Hall–Kier alpha value is -2.95. The predicted molar refractivity (Wildman–Crippen MR) is 76.9 cm³/mol. The summed E-state index contributed by atoms with van der Waals surface area (Å²) in [6.45, 7) is 0. The zero-order chi connectivity index (χ0) is 14.4. The summed E-state index contributed by atoms with van der Waals surface area (Å²) < 4.78 is 0. The van der Waals surface area contributed by atoms with Gasteiger partial charge in [-0.1, -0.05) is 41.6 Å². The summed E-state index contributed by atoms with van der Waals surface area (Å²) in [5.41, 5.74) is 2.03. The standard InChI is InChI=1S/C15H12N2O3/c18-16-15(13-4-2-1-3-5-13)11-8-12-6-9-14(10-7-12)17(19)20/h1-11,18H/b11-8+,16-15+. The molecule has 0 heterocycles. The van der Waals surface area contributed by atoms with Gasteiger partial charge in [0, 0.05) is 17.7 Å². The molecule has 5 heteroatoms. The number of hydrogen-bond donors (Lipinski definition) is 1. The van der Waals surface area contributed by atoms with Gasteiger partial charge in [-0.05, 0) is 23.8 Å². The van der Waals surface area contributed by atoms with Crippen LogP contribution in [0.3, 0.4) is 0 Å². The Morgan fingerprint density at radius 3 is 2.30 bits per heavy atom. The Kier molecular flexibility index (Phi) is 4.24. The molecule has 0 atom stereocenters. The van der Waals surface area contributed by atoms with E-state index in [-0.39, 0.29) is 5.69 Å². The van der Waals surface area contributed by atoms with E-state index in [9.17, 15) is 10.1 Å². The second-order valence-corrected chi connectivity index (χ2v) is 4.03. The number of rotatable bonds is 4. The third-order valence-electron chi connectivity index (χ3n) is 2.71. The molecule has 2 aromatic carbocycles. The highest BCUT2D eigenvalue weighted by Crippen LogP contribution is 2.13. The highest BCUT2D eigenvalue weighted by molar-refractivity contribution is 6.10. The highest BCUT2D eigenvalue weighted by atomic mass is 16.6. The Bertz CT molecular complexity index is 647. The van der Waals surface area contributed by atoms with Crippen LogP contribution in [-0.4, -0.2) is 15.8 Å². The molecule has 0 aliphatic heterocycles. The molecule has 0 aliphatic carbocycles. The van der Waals surface area contributed by atoms with Crippen molar-refractivity contribution < 1.29 is 10.1 Å². The second kappa shape index (κ2) is 6.29. The minimum absolute atomic E-state index is 0.0428. The largest absolute Gasteiger partial charge is 0.410 e. The first-order valence-corrected chi connectivity index (χ1v) is 5.91. The Labute approximate surface area is 115 Å². The van der Waals surface area contributed by atoms with E-state index in [4.69, 9.17) is 5.21 Å². The maximum atomic E-state index is 10.5. The van der Waals surface area contributed by atoms with Crippen LogP contribution in [0.1, 0.15) is 11.1 Å². The van der Waals surface area contributed by atoms with E-state index in [0.29, 0.717) is 5.71 Å². The lowest BCUT2D eigenvalue weighted by molar-refractivity contribution is -0.384. The van der Waals surface area contributed by atoms with Crippen LogP contribution >= 0.6 is 0 Å². The van der Waals surface area contributed by atoms with Gasteiger partial charge in [0.2, 0.25) is 0 Å². The minimum Gasteiger partial charge on any atom is -0.410 e. The van der Waals surface area contributed by atoms with Gasteiger partial charge in [0.05, 0.1) is 4.92 Å². The number of nitro benzene ring substituents is 1. The normalized spacial score (nSPS) is 11.7. The van der Waals surface area contributed by atoms with Crippen molar-refractivity contribution >= 4 is 17.5 Å². The van der Waals surface area contributed by atoms with Crippen molar-refractivity contribution in [1.29, 1.82) is 0 Å². The molecule has 0 unspecified atom stereocenters. The molecule has 0 saturated carbocycles. The Balaban J connectivity index is 2.18. The maximum Gasteiger partial charge on any atom is 0.269 e. The van der Waals surface area contributed by atoms with E-state index in [0.717, 1.165) is 11.1 Å². The molecule has 5 nitrogen and oxygen atoms in total. The maximum absolute atomic E-state index is 10.5. The first-order chi connectivity index (χ1) is 9.70. The zero-order valence-corrected chi connectivity index (χ0v) is 10.5. The van der Waals surface area contributed by atoms with Crippen LogP contribution < -0.4 is 0 Å². The van der Waals surface area contributed by atoms with Crippen molar-refractivity contribution in [2.45, 2.75) is 0 Å². The molecule has 100 valence electrons. The molecule has 0 aromatic heterocycles. The van der Waals surface area contributed by atoms with Crippen LogP contribution in [0.15, 0.2) is 65.8 Å². The van der Waals surface area contributed by atoms with Crippen LogP contribution in [0.2, 0.25) is 0 Å². The quantitative estimate of drug-likeness (QED) is 0.399. The Morgan fingerprint density at radius 1 is 1.10 bits per heavy atom. The number of benzene rings is 2. The lowest BCUT2D eigenvalue weighted by Crippen LogP contribution is -1.95. The highest BCUT2D eigenvalue weighted by Gasteiger charge is 2.03. The third-order valence-corrected chi connectivity index (χ3v) is 2.71. The predicted octanol–water partition coefficient (Wildman–Crippen LogP) is 3.49. The molecule has 1 N–H and O–H groups in total. The first kappa shape index (κ1) is 13.5. The smallest absolute Gasteiger partial charge is 0.269 e. The van der Waals surface area contributed by atoms with Crippen LogP contribution in [0.5, 0.6) is 0 Å². The fourth-order valence-corrected chi connectivity index (χ4v) is 1.68. The monoisotopic (exact) mass is 268 g/mol. The SMILES string of the molecule is O=[N+]([O-])c1ccc(/C=C/C(=N\O)c2ccccc2)cc1. The lowest BCUT2D eigenvalue weighted by Gasteiger charge is -1.98. The fourth-order valence-electron chi connectivity index (χ4n) is 1.68. The average Bonchev–Trinajstić information content (AvgIpc) is 2.49. The molecule has 0 aliphatic rings. The van der Waals surface area contributed by atoms with Crippen molar-refractivity contribution in [2.24, 2.45) is 5.16 Å². The van der Waals surface area contributed by atoms with E-state index >= 15 is 0 Å². The van der Waals surface area contributed by atoms with Gasteiger partial charge >= 0.3 is 0 Å². The van der Waals surface area contributed by atoms with Gasteiger partial charge in [0.25, 0.3) is 5.69 Å². The summed E-state index contributed by atoms with van der Waals surface area (Å²) in [7, 11) is 0. The summed E-state index contributed by atoms with van der Waals surface area (Å²) in [5, 5.41) is 22.8. The third kappa shape index (κ3) is 3.29. The van der Waals surface area contributed by atoms with Crippen LogP contribution in [0.4, 0.5) is 5.69 Å². The van der Waals surface area contributed by atoms with Gasteiger partial charge in [0.15, 0.2) is 0 Å². The summed E-state index contributed by atoms with van der Waals surface area (Å²) in [6, 6.07) is 15.3. The van der Waals surface area contributed by atoms with Crippen molar-refractivity contribution in [2.75, 3.05) is 0 Å². The van der Waals surface area contributed by atoms with E-state index < -0.39 is 4.92 Å². The molecule has 20 heavy (non-hydrogen) atoms. The molecule has 0 fully saturated rings. The molecule has 2 aromatic rings. The number of allylic oxidation sites excluding steroid dienone is 1. The van der Waals surface area contributed by atoms with E-state index in [1.165, 1.54) is 12.1 Å². The van der Waals surface area contributed by atoms with Gasteiger partial charge in [0.1, 0.15) is 5.71 Å². The minimum atomic E-state index is -0.446. The zero-order valence-electron chi connectivity index (χ0n) is 10.5. The Morgan fingerprint density at radius 2 is 1.75 bits per heavy atom. The fraction of sp³-hybridized carbons (Fsp3) is 0. The molecule has 0 spiro atoms. The van der Waals surface area contributed by atoms with Crippen LogP contribution in [0, 0.1) is 10.1 Å². The molecular weight excluding hydrogens is 256 g/mol. The molecule has 0 saturated heterocycles. The molecule has 0 radical (unpaired) electrons. The van der Waals surface area contributed by atoms with Gasteiger partial charge in [-0.3, -0.25) is 10.1 Å². The number of oxime groups is 1. The number of non-ortho nitro benzene ring substituents is 1. The molecule has 2 rings (SSSR count). The second-order valence-electron chi connectivity index (χ2n) is 4.03. The number of nitro groups is 1. The lowest BCUT2D eigenvalue weighted by atomic mass is 10.1. The van der Waals surface area contributed by atoms with Gasteiger partial charge in [-0.2, -0.15) is 0 Å². The van der Waals surface area contributed by atoms with Crippen LogP contribution in [-0.2, 0) is 0 Å². The van der Waals surface area contributed by atoms with Crippen molar-refractivity contribution in [1.82, 2.24) is 0 Å². The topological polar surface area (TPSA) is 75.7 Å². The number of hydrogen-bond acceptors (Lipinski definition) is 4. The van der Waals surface area contributed by atoms with E-state index in [1.54, 1.807) is 24.3 Å². The van der Waals surface area contributed by atoms with Crippen molar-refractivity contribution in [3.8, 4) is 0 Å². The van der Waals surface area contributed by atoms with Gasteiger partial charge in [-0.15, -0.1) is 0 Å². The van der Waals surface area contributed by atoms with E-state index in [2.05, 4.69) is 5.16 Å². The summed E-state index contributed by atoms with van der Waals surface area (Å²) in [4.78, 5) is 10.1. The molecule has 0 bridgehead atoms. The van der Waals surface area contributed by atoms with Gasteiger partial charge in [-0.25, -0.2) is 0 Å². The van der Waals surface area contributed by atoms with Crippen molar-refractivity contribution in [3.63, 3.8) is 0 Å². The van der Waals surface area contributed by atoms with Gasteiger partial charge < -0.3 is 5.21 Å². The van der Waals surface area contributed by atoms with Crippen molar-refractivity contribution in [3.05, 3.63) is 81.9 Å². The summed E-state index contributed by atoms with van der Waals surface area (Å²) in [5.74, 6) is 0. The molecule has 0 amide bonds. The first-order valence-electron chi connectivity index (χ1n) is 5.91. The summed E-state index contributed by atoms with van der Waals surface area (Å²) >= 11 is 0. The average molecular weight is 268 g/mol. The van der Waals surface area contributed by atoms with Crippen LogP contribution in [0.25, 0.3) is 6.08 Å². The molecular formula is C15H12N2O3. The number of nitrogens with zero attached hydrogens (tertiary/aromatic N) is 2. The summed E-state index contributed by atoms with van der Waals surface area (Å²) in [6.07, 6.45) is 3.38. The van der Waals surface area contributed by atoms with E-state index in [1.807, 2.05) is 30.3 Å².